The maximum atomic E-state index is 9.25. The number of rotatable bonds is 3. The predicted molar refractivity (Wildman–Crippen MR) is 77.7 cm³/mol. The fourth-order valence-corrected chi connectivity index (χ4v) is 2.88. The third-order valence-corrected chi connectivity index (χ3v) is 3.96. The summed E-state index contributed by atoms with van der Waals surface area (Å²) in [6.45, 7) is 1.64. The van der Waals surface area contributed by atoms with Crippen LogP contribution in [-0.2, 0) is 0 Å². The second kappa shape index (κ2) is 5.50. The van der Waals surface area contributed by atoms with Crippen molar-refractivity contribution in [3.05, 3.63) is 36.4 Å². The lowest BCUT2D eigenvalue weighted by Crippen LogP contribution is -2.36. The van der Waals surface area contributed by atoms with Crippen LogP contribution in [0.15, 0.2) is 30.9 Å². The Morgan fingerprint density at radius 1 is 1.33 bits per heavy atom. The standard InChI is InChI=1S/C14H17N7/c1-19(2)13-9-20(10-14(13)21-6-5-17-18-21)12-3-4-16-8-11(12)7-15/h3-6,8,13-14H,9-10H2,1-2H3/t13-,14+/m1/s1. The van der Waals surface area contributed by atoms with Crippen molar-refractivity contribution in [1.29, 1.82) is 5.26 Å². The Morgan fingerprint density at radius 2 is 2.19 bits per heavy atom. The van der Waals surface area contributed by atoms with Gasteiger partial charge >= 0.3 is 0 Å². The monoisotopic (exact) mass is 283 g/mol. The highest BCUT2D eigenvalue weighted by Crippen LogP contribution is 2.30. The van der Waals surface area contributed by atoms with Gasteiger partial charge in [-0.25, -0.2) is 4.68 Å². The third kappa shape index (κ3) is 2.45. The molecule has 2 aromatic rings. The van der Waals surface area contributed by atoms with Gasteiger partial charge in [0.05, 0.1) is 29.5 Å². The second-order valence-electron chi connectivity index (χ2n) is 5.39. The average molecular weight is 283 g/mol. The van der Waals surface area contributed by atoms with Gasteiger partial charge < -0.3 is 9.80 Å². The van der Waals surface area contributed by atoms with Gasteiger partial charge in [-0.3, -0.25) is 4.98 Å². The van der Waals surface area contributed by atoms with Gasteiger partial charge in [0.25, 0.3) is 0 Å². The lowest BCUT2D eigenvalue weighted by atomic mass is 10.1. The number of pyridine rings is 1. The lowest BCUT2D eigenvalue weighted by Gasteiger charge is -2.24. The molecule has 0 radical (unpaired) electrons. The Kier molecular flexibility index (Phi) is 3.54. The summed E-state index contributed by atoms with van der Waals surface area (Å²) in [5, 5.41) is 17.3. The summed E-state index contributed by atoms with van der Waals surface area (Å²) in [5.74, 6) is 0. The minimum atomic E-state index is 0.210. The van der Waals surface area contributed by atoms with Gasteiger partial charge in [-0.1, -0.05) is 5.21 Å². The van der Waals surface area contributed by atoms with Gasteiger partial charge in [-0.15, -0.1) is 5.10 Å². The molecular formula is C14H17N7. The Labute approximate surface area is 123 Å². The zero-order chi connectivity index (χ0) is 14.8. The minimum Gasteiger partial charge on any atom is -0.367 e. The quantitative estimate of drug-likeness (QED) is 0.818. The van der Waals surface area contributed by atoms with E-state index in [0.29, 0.717) is 11.6 Å². The first-order valence-electron chi connectivity index (χ1n) is 6.82. The van der Waals surface area contributed by atoms with Gasteiger partial charge in [-0.05, 0) is 20.2 Å². The number of nitrogens with zero attached hydrogens (tertiary/aromatic N) is 7. The van der Waals surface area contributed by atoms with E-state index < -0.39 is 0 Å². The number of likely N-dealkylation sites (N-methyl/N-ethyl adjacent to an activating group) is 1. The van der Waals surface area contributed by atoms with Crippen LogP contribution in [0.5, 0.6) is 0 Å². The molecule has 0 spiro atoms. The van der Waals surface area contributed by atoms with Crippen LogP contribution >= 0.6 is 0 Å². The van der Waals surface area contributed by atoms with E-state index in [1.165, 1.54) is 0 Å². The summed E-state index contributed by atoms with van der Waals surface area (Å²) in [6.07, 6.45) is 6.93. The van der Waals surface area contributed by atoms with Gasteiger partial charge in [-0.2, -0.15) is 5.26 Å². The highest BCUT2D eigenvalue weighted by Gasteiger charge is 2.36. The van der Waals surface area contributed by atoms with E-state index >= 15 is 0 Å². The van der Waals surface area contributed by atoms with E-state index in [-0.39, 0.29) is 6.04 Å². The first kappa shape index (κ1) is 13.5. The molecule has 1 fully saturated rings. The molecule has 2 atom stereocenters. The Bertz CT molecular complexity index is 644. The normalized spacial score (nSPS) is 21.7. The SMILES string of the molecule is CN(C)[C@@H]1CN(c2ccncc2C#N)C[C@@H]1n1ccnn1. The molecule has 1 aliphatic heterocycles. The summed E-state index contributed by atoms with van der Waals surface area (Å²) in [6, 6.07) is 4.63. The summed E-state index contributed by atoms with van der Waals surface area (Å²) in [4.78, 5) is 8.44. The van der Waals surface area contributed by atoms with Crippen molar-refractivity contribution in [1.82, 2.24) is 24.9 Å². The van der Waals surface area contributed by atoms with Crippen LogP contribution in [0.3, 0.4) is 0 Å². The molecule has 2 aromatic heterocycles. The van der Waals surface area contributed by atoms with E-state index in [1.54, 1.807) is 18.6 Å². The van der Waals surface area contributed by atoms with Gasteiger partial charge in [0, 0.05) is 31.7 Å². The lowest BCUT2D eigenvalue weighted by molar-refractivity contribution is 0.243. The minimum absolute atomic E-state index is 0.210. The van der Waals surface area contributed by atoms with Crippen molar-refractivity contribution in [3.63, 3.8) is 0 Å². The van der Waals surface area contributed by atoms with Crippen LogP contribution in [0.2, 0.25) is 0 Å². The molecule has 7 nitrogen and oxygen atoms in total. The van der Waals surface area contributed by atoms with Crippen molar-refractivity contribution in [2.45, 2.75) is 12.1 Å². The summed E-state index contributed by atoms with van der Waals surface area (Å²) >= 11 is 0. The molecule has 7 heteroatoms. The molecular weight excluding hydrogens is 266 g/mol. The first-order valence-corrected chi connectivity index (χ1v) is 6.82. The summed E-state index contributed by atoms with van der Waals surface area (Å²) in [5.41, 5.74) is 1.54. The van der Waals surface area contributed by atoms with E-state index in [1.807, 2.05) is 16.9 Å². The first-order chi connectivity index (χ1) is 10.2. The Morgan fingerprint density at radius 3 is 2.86 bits per heavy atom. The molecule has 3 rings (SSSR count). The summed E-state index contributed by atoms with van der Waals surface area (Å²) < 4.78 is 1.90. The molecule has 0 aliphatic carbocycles. The van der Waals surface area contributed by atoms with Gasteiger partial charge in [0.1, 0.15) is 6.07 Å². The molecule has 108 valence electrons. The topological polar surface area (TPSA) is 73.9 Å². The van der Waals surface area contributed by atoms with Gasteiger partial charge in [0.15, 0.2) is 0 Å². The third-order valence-electron chi connectivity index (χ3n) is 3.96. The Balaban J connectivity index is 1.92. The van der Waals surface area contributed by atoms with Crippen molar-refractivity contribution >= 4 is 5.69 Å². The zero-order valence-corrected chi connectivity index (χ0v) is 12.1. The van der Waals surface area contributed by atoms with E-state index in [9.17, 15) is 5.26 Å². The molecule has 0 unspecified atom stereocenters. The van der Waals surface area contributed by atoms with E-state index in [0.717, 1.165) is 18.8 Å². The van der Waals surface area contributed by atoms with Crippen molar-refractivity contribution in [2.75, 3.05) is 32.1 Å². The molecule has 0 aromatic carbocycles. The number of nitriles is 1. The Hall–Kier alpha value is -2.46. The molecule has 21 heavy (non-hydrogen) atoms. The molecule has 0 saturated carbocycles. The number of anilines is 1. The zero-order valence-electron chi connectivity index (χ0n) is 12.1. The van der Waals surface area contributed by atoms with Crippen molar-refractivity contribution in [3.8, 4) is 6.07 Å². The number of aromatic nitrogens is 4. The number of hydrogen-bond acceptors (Lipinski definition) is 6. The predicted octanol–water partition coefficient (Wildman–Crippen LogP) is 0.536. The maximum Gasteiger partial charge on any atom is 0.103 e. The molecule has 1 saturated heterocycles. The van der Waals surface area contributed by atoms with Crippen LogP contribution in [0.1, 0.15) is 11.6 Å². The van der Waals surface area contributed by atoms with E-state index in [4.69, 9.17) is 0 Å². The highest BCUT2D eigenvalue weighted by atomic mass is 15.5. The molecule has 0 bridgehead atoms. The molecule has 3 heterocycles. The van der Waals surface area contributed by atoms with E-state index in [2.05, 4.69) is 45.3 Å². The fourth-order valence-electron chi connectivity index (χ4n) is 2.88. The number of hydrogen-bond donors (Lipinski definition) is 0. The van der Waals surface area contributed by atoms with Crippen molar-refractivity contribution in [2.24, 2.45) is 0 Å². The molecule has 1 aliphatic rings. The smallest absolute Gasteiger partial charge is 0.103 e. The highest BCUT2D eigenvalue weighted by molar-refractivity contribution is 5.58. The van der Waals surface area contributed by atoms with Gasteiger partial charge in [0.2, 0.25) is 0 Å². The van der Waals surface area contributed by atoms with Crippen LogP contribution in [0.25, 0.3) is 0 Å². The second-order valence-corrected chi connectivity index (χ2v) is 5.39. The van der Waals surface area contributed by atoms with Crippen LogP contribution in [-0.4, -0.2) is 58.1 Å². The largest absolute Gasteiger partial charge is 0.367 e. The van der Waals surface area contributed by atoms with Crippen LogP contribution < -0.4 is 4.90 Å². The van der Waals surface area contributed by atoms with Crippen LogP contribution in [0, 0.1) is 11.3 Å². The summed E-state index contributed by atoms with van der Waals surface area (Å²) in [7, 11) is 4.13. The average Bonchev–Trinajstić information content (AvgIpc) is 3.16. The fraction of sp³-hybridized carbons (Fsp3) is 0.429. The molecule has 0 N–H and O–H groups in total. The molecule has 0 amide bonds. The van der Waals surface area contributed by atoms with Crippen LogP contribution in [0.4, 0.5) is 5.69 Å². The maximum absolute atomic E-state index is 9.25. The van der Waals surface area contributed by atoms with Crippen molar-refractivity contribution < 1.29 is 0 Å².